The van der Waals surface area contributed by atoms with E-state index in [1.54, 1.807) is 0 Å². The number of furan rings is 1. The van der Waals surface area contributed by atoms with Gasteiger partial charge in [0.05, 0.1) is 8.22 Å². The molecule has 9 rings (SSSR count). The largest absolute Gasteiger partial charge is 0.456 e. The average Bonchev–Trinajstić information content (AvgIpc) is 3.56. The summed E-state index contributed by atoms with van der Waals surface area (Å²) in [5.74, 6) is 0. The van der Waals surface area contributed by atoms with Gasteiger partial charge in [0, 0.05) is 10.8 Å². The van der Waals surface area contributed by atoms with Gasteiger partial charge in [-0.25, -0.2) is 0 Å². The fourth-order valence-electron chi connectivity index (χ4n) is 6.53. The lowest BCUT2D eigenvalue weighted by atomic mass is 9.82. The van der Waals surface area contributed by atoms with E-state index in [9.17, 15) is 2.74 Å². The Hall–Kier alpha value is -5.66. The number of para-hydroxylation sites is 1. The molecule has 8 aromatic carbocycles. The van der Waals surface area contributed by atoms with E-state index in [1.807, 2.05) is 60.7 Å². The van der Waals surface area contributed by atoms with Gasteiger partial charge in [0.2, 0.25) is 0 Å². The van der Waals surface area contributed by atoms with Gasteiger partial charge in [-0.3, -0.25) is 0 Å². The van der Waals surface area contributed by atoms with Crippen molar-refractivity contribution in [1.82, 2.24) is 0 Å². The maximum absolute atomic E-state index is 9.83. The van der Waals surface area contributed by atoms with Crippen molar-refractivity contribution in [2.75, 3.05) is 0 Å². The molecule has 200 valence electrons. The lowest BCUT2D eigenvalue weighted by Crippen LogP contribution is -1.93. The first-order valence-corrected chi connectivity index (χ1v) is 14.3. The Morgan fingerprint density at radius 2 is 0.977 bits per heavy atom. The van der Waals surface area contributed by atoms with E-state index < -0.39 is 12.1 Å². The number of hydrogen-bond donors (Lipinski definition) is 0. The standard InChI is InChI=1S/C42H26O/c1-2-13-28(14-3-1)36-25-37-30-18-10-11-24-39(30)43-40(37)26-38(36)42-34-21-8-6-19-32(34)41(33-20-7-9-22-35(33)42)31-23-12-16-27-15-4-5-17-29(27)31/h1-26H/i10D,11D,18D,24D,25D,26D. The van der Waals surface area contributed by atoms with Crippen LogP contribution in [0, 0.1) is 0 Å². The van der Waals surface area contributed by atoms with Gasteiger partial charge in [-0.05, 0) is 83.8 Å². The lowest BCUT2D eigenvalue weighted by Gasteiger charge is -2.20. The molecule has 0 N–H and O–H groups in total. The van der Waals surface area contributed by atoms with Crippen LogP contribution in [0.4, 0.5) is 0 Å². The predicted octanol–water partition coefficient (Wildman–Crippen LogP) is 12.0. The maximum Gasteiger partial charge on any atom is 0.136 e. The summed E-state index contributed by atoms with van der Waals surface area (Å²) in [5, 5.41) is 6.42. The molecule has 1 heteroatoms. The first-order chi connectivity index (χ1) is 23.9. The van der Waals surface area contributed by atoms with Gasteiger partial charge < -0.3 is 4.42 Å². The van der Waals surface area contributed by atoms with Crippen molar-refractivity contribution >= 4 is 54.3 Å². The molecule has 9 aromatic rings. The van der Waals surface area contributed by atoms with Crippen molar-refractivity contribution in [1.29, 1.82) is 0 Å². The Kier molecular flexibility index (Phi) is 4.11. The van der Waals surface area contributed by atoms with Crippen LogP contribution in [-0.2, 0) is 0 Å². The predicted molar refractivity (Wildman–Crippen MR) is 183 cm³/mol. The maximum atomic E-state index is 9.83. The van der Waals surface area contributed by atoms with Crippen LogP contribution in [-0.4, -0.2) is 0 Å². The zero-order chi connectivity index (χ0) is 33.6. The second-order valence-corrected chi connectivity index (χ2v) is 10.7. The van der Waals surface area contributed by atoms with E-state index in [-0.39, 0.29) is 46.1 Å². The highest BCUT2D eigenvalue weighted by Crippen LogP contribution is 2.48. The Morgan fingerprint density at radius 3 is 1.70 bits per heavy atom. The highest BCUT2D eigenvalue weighted by Gasteiger charge is 2.21. The molecule has 0 bridgehead atoms. The summed E-state index contributed by atoms with van der Waals surface area (Å²) in [7, 11) is 0. The molecule has 0 amide bonds. The molecule has 0 saturated carbocycles. The van der Waals surface area contributed by atoms with Crippen LogP contribution in [0.15, 0.2) is 162 Å². The summed E-state index contributed by atoms with van der Waals surface area (Å²) >= 11 is 0. The fraction of sp³-hybridized carbons (Fsp3) is 0. The van der Waals surface area contributed by atoms with Crippen molar-refractivity contribution in [2.45, 2.75) is 0 Å². The zero-order valence-corrected chi connectivity index (χ0v) is 23.0. The third-order valence-corrected chi connectivity index (χ3v) is 8.38. The number of rotatable bonds is 3. The van der Waals surface area contributed by atoms with Crippen LogP contribution in [0.1, 0.15) is 8.22 Å². The molecular formula is C42H26O. The Bertz CT molecular complexity index is 2780. The summed E-state index contributed by atoms with van der Waals surface area (Å²) < 4.78 is 59.8. The van der Waals surface area contributed by atoms with Crippen LogP contribution in [0.3, 0.4) is 0 Å². The number of benzene rings is 8. The SMILES string of the molecule is [2H]c1c([2H])c([2H])c2c(oc3c([2H])c(-c4c5ccccc5c(-c5cccc6ccccc56)c5ccccc45)c(-c4ccccc4)c([2H])c32)c1[2H]. The lowest BCUT2D eigenvalue weighted by molar-refractivity contribution is 0.669. The molecule has 0 saturated heterocycles. The highest BCUT2D eigenvalue weighted by atomic mass is 16.3. The van der Waals surface area contributed by atoms with Gasteiger partial charge >= 0.3 is 0 Å². The van der Waals surface area contributed by atoms with Gasteiger partial charge in [-0.1, -0.05) is 139 Å². The molecule has 0 atom stereocenters. The smallest absolute Gasteiger partial charge is 0.136 e. The molecule has 0 radical (unpaired) electrons. The van der Waals surface area contributed by atoms with Crippen LogP contribution in [0.5, 0.6) is 0 Å². The molecule has 1 aromatic heterocycles. The molecule has 0 aliphatic carbocycles. The topological polar surface area (TPSA) is 13.1 Å². The van der Waals surface area contributed by atoms with Crippen molar-refractivity contribution in [3.8, 4) is 33.4 Å². The Balaban J connectivity index is 1.52. The molecular weight excluding hydrogens is 520 g/mol. The van der Waals surface area contributed by atoms with Crippen LogP contribution in [0.2, 0.25) is 0 Å². The van der Waals surface area contributed by atoms with Gasteiger partial charge in [0.25, 0.3) is 0 Å². The molecule has 0 aliphatic rings. The average molecular weight is 553 g/mol. The summed E-state index contributed by atoms with van der Waals surface area (Å²) in [6, 6.07) is 39.2. The summed E-state index contributed by atoms with van der Waals surface area (Å²) in [5.41, 5.74) is 4.71. The van der Waals surface area contributed by atoms with Crippen LogP contribution < -0.4 is 0 Å². The Morgan fingerprint density at radius 1 is 0.395 bits per heavy atom. The minimum Gasteiger partial charge on any atom is -0.456 e. The summed E-state index contributed by atoms with van der Waals surface area (Å²) in [4.78, 5) is 0. The quantitative estimate of drug-likeness (QED) is 0.199. The normalized spacial score (nSPS) is 13.7. The van der Waals surface area contributed by atoms with E-state index in [2.05, 4.69) is 60.7 Å². The molecule has 1 heterocycles. The van der Waals surface area contributed by atoms with E-state index in [0.29, 0.717) is 11.1 Å². The molecule has 0 unspecified atom stereocenters. The molecule has 0 aliphatic heterocycles. The van der Waals surface area contributed by atoms with Crippen LogP contribution >= 0.6 is 0 Å². The second kappa shape index (κ2) is 9.44. The first kappa shape index (κ1) is 18.7. The highest BCUT2D eigenvalue weighted by molar-refractivity contribution is 6.25. The van der Waals surface area contributed by atoms with Crippen molar-refractivity contribution in [3.63, 3.8) is 0 Å². The number of fused-ring (bicyclic) bond motifs is 6. The summed E-state index contributed by atoms with van der Waals surface area (Å²) in [6.45, 7) is 0. The second-order valence-electron chi connectivity index (χ2n) is 10.7. The van der Waals surface area contributed by atoms with Gasteiger partial charge in [-0.15, -0.1) is 0 Å². The molecule has 0 spiro atoms. The van der Waals surface area contributed by atoms with Gasteiger partial charge in [-0.2, -0.15) is 0 Å². The minimum absolute atomic E-state index is 0.0196. The third kappa shape index (κ3) is 3.65. The van der Waals surface area contributed by atoms with Crippen molar-refractivity contribution < 1.29 is 12.6 Å². The molecule has 1 nitrogen and oxygen atoms in total. The summed E-state index contributed by atoms with van der Waals surface area (Å²) in [6.07, 6.45) is 0. The fourth-order valence-corrected chi connectivity index (χ4v) is 6.53. The minimum atomic E-state index is -0.417. The zero-order valence-electron chi connectivity index (χ0n) is 29.0. The van der Waals surface area contributed by atoms with Crippen LogP contribution in [0.25, 0.3) is 87.6 Å². The van der Waals surface area contributed by atoms with E-state index in [1.165, 1.54) is 0 Å². The van der Waals surface area contributed by atoms with E-state index in [4.69, 9.17) is 9.90 Å². The van der Waals surface area contributed by atoms with Crippen molar-refractivity contribution in [2.24, 2.45) is 0 Å². The molecule has 0 fully saturated rings. The van der Waals surface area contributed by atoms with Gasteiger partial charge in [0.15, 0.2) is 0 Å². The Labute approximate surface area is 257 Å². The van der Waals surface area contributed by atoms with E-state index >= 15 is 0 Å². The number of hydrogen-bond acceptors (Lipinski definition) is 1. The van der Waals surface area contributed by atoms with E-state index in [0.717, 1.165) is 54.6 Å². The van der Waals surface area contributed by atoms with Crippen molar-refractivity contribution in [3.05, 3.63) is 158 Å². The first-order valence-electron chi connectivity index (χ1n) is 17.3. The third-order valence-electron chi connectivity index (χ3n) is 8.38. The monoisotopic (exact) mass is 552 g/mol. The van der Waals surface area contributed by atoms with Gasteiger partial charge in [0.1, 0.15) is 11.2 Å². The molecule has 43 heavy (non-hydrogen) atoms.